The van der Waals surface area contributed by atoms with E-state index >= 15 is 0 Å². The molecule has 0 aliphatic rings. The summed E-state index contributed by atoms with van der Waals surface area (Å²) in [6.45, 7) is 8.48. The smallest absolute Gasteiger partial charge is 0.341 e. The highest BCUT2D eigenvalue weighted by molar-refractivity contribution is 7.99. The number of benzene rings is 1. The van der Waals surface area contributed by atoms with Gasteiger partial charge in [0.1, 0.15) is 17.4 Å². The SMILES string of the molecule is CCc1c(C)sc(NC(=O)CSc2nnc(COc3ccc(C(C)C)cc3)n2C)c1C(=O)OC. The molecule has 3 rings (SSSR count). The average Bonchev–Trinajstić information content (AvgIpc) is 3.33. The van der Waals surface area contributed by atoms with Crippen molar-refractivity contribution in [2.45, 2.75) is 51.8 Å². The molecule has 1 aromatic carbocycles. The van der Waals surface area contributed by atoms with Gasteiger partial charge in [-0.15, -0.1) is 21.5 Å². The Morgan fingerprint density at radius 1 is 1.21 bits per heavy atom. The van der Waals surface area contributed by atoms with Gasteiger partial charge in [-0.3, -0.25) is 4.79 Å². The third-order valence-electron chi connectivity index (χ3n) is 5.38. The molecule has 0 atom stereocenters. The van der Waals surface area contributed by atoms with Crippen LogP contribution in [0, 0.1) is 6.92 Å². The van der Waals surface area contributed by atoms with Crippen LogP contribution in [0.5, 0.6) is 5.75 Å². The molecule has 0 aliphatic carbocycles. The van der Waals surface area contributed by atoms with Crippen LogP contribution >= 0.6 is 23.1 Å². The van der Waals surface area contributed by atoms with Crippen LogP contribution < -0.4 is 10.1 Å². The van der Waals surface area contributed by atoms with Gasteiger partial charge in [-0.2, -0.15) is 0 Å². The Kier molecular flexibility index (Phi) is 8.73. The minimum atomic E-state index is -0.444. The molecular formula is C24H30N4O4S2. The van der Waals surface area contributed by atoms with E-state index in [1.807, 2.05) is 37.6 Å². The maximum absolute atomic E-state index is 12.6. The summed E-state index contributed by atoms with van der Waals surface area (Å²) in [5.74, 6) is 1.34. The van der Waals surface area contributed by atoms with E-state index in [0.29, 0.717) is 33.9 Å². The number of nitrogens with zero attached hydrogens (tertiary/aromatic N) is 3. The number of methoxy groups -OCH3 is 1. The van der Waals surface area contributed by atoms with Crippen molar-refractivity contribution in [3.63, 3.8) is 0 Å². The molecule has 0 fully saturated rings. The van der Waals surface area contributed by atoms with Crippen LogP contribution in [0.25, 0.3) is 0 Å². The topological polar surface area (TPSA) is 95.3 Å². The van der Waals surface area contributed by atoms with E-state index in [4.69, 9.17) is 9.47 Å². The van der Waals surface area contributed by atoms with Gasteiger partial charge in [-0.1, -0.05) is 44.7 Å². The number of nitrogens with one attached hydrogen (secondary N) is 1. The van der Waals surface area contributed by atoms with Crippen molar-refractivity contribution in [2.75, 3.05) is 18.2 Å². The second-order valence-electron chi connectivity index (χ2n) is 7.99. The van der Waals surface area contributed by atoms with Crippen molar-refractivity contribution in [3.05, 3.63) is 51.7 Å². The number of aromatic nitrogens is 3. The number of esters is 1. The molecule has 34 heavy (non-hydrogen) atoms. The first-order valence-corrected chi connectivity index (χ1v) is 12.8. The lowest BCUT2D eigenvalue weighted by Gasteiger charge is -2.09. The lowest BCUT2D eigenvalue weighted by molar-refractivity contribution is -0.113. The van der Waals surface area contributed by atoms with Crippen LogP contribution in [0.4, 0.5) is 5.00 Å². The quantitative estimate of drug-likeness (QED) is 0.309. The molecule has 10 heteroatoms. The third kappa shape index (κ3) is 5.98. The Balaban J connectivity index is 1.58. The van der Waals surface area contributed by atoms with Crippen molar-refractivity contribution in [3.8, 4) is 5.75 Å². The molecule has 0 spiro atoms. The molecular weight excluding hydrogens is 472 g/mol. The molecule has 0 saturated heterocycles. The molecule has 1 amide bonds. The predicted molar refractivity (Wildman–Crippen MR) is 135 cm³/mol. The number of rotatable bonds is 10. The van der Waals surface area contributed by atoms with Gasteiger partial charge in [0.25, 0.3) is 0 Å². The fourth-order valence-corrected chi connectivity index (χ4v) is 5.28. The minimum absolute atomic E-state index is 0.127. The maximum atomic E-state index is 12.6. The van der Waals surface area contributed by atoms with E-state index in [1.165, 1.54) is 35.8 Å². The third-order valence-corrected chi connectivity index (χ3v) is 7.46. The summed E-state index contributed by atoms with van der Waals surface area (Å²) in [7, 11) is 3.18. The van der Waals surface area contributed by atoms with Crippen molar-refractivity contribution >= 4 is 40.0 Å². The molecule has 0 radical (unpaired) electrons. The van der Waals surface area contributed by atoms with E-state index in [-0.39, 0.29) is 18.3 Å². The number of ether oxygens (including phenoxy) is 2. The number of carbonyl (C=O) groups is 2. The highest BCUT2D eigenvalue weighted by atomic mass is 32.2. The van der Waals surface area contributed by atoms with Crippen LogP contribution in [0.2, 0.25) is 0 Å². The lowest BCUT2D eigenvalue weighted by atomic mass is 10.0. The predicted octanol–water partition coefficient (Wildman–Crippen LogP) is 4.97. The summed E-state index contributed by atoms with van der Waals surface area (Å²) in [5.41, 5.74) is 2.59. The number of hydrogen-bond donors (Lipinski definition) is 1. The summed E-state index contributed by atoms with van der Waals surface area (Å²) in [5, 5.41) is 12.3. The number of thioether (sulfide) groups is 1. The number of anilines is 1. The molecule has 1 N–H and O–H groups in total. The molecule has 0 aliphatic heterocycles. The minimum Gasteiger partial charge on any atom is -0.486 e. The molecule has 0 unspecified atom stereocenters. The number of thiophene rings is 1. The van der Waals surface area contributed by atoms with Gasteiger partial charge in [0, 0.05) is 11.9 Å². The van der Waals surface area contributed by atoms with Crippen molar-refractivity contribution in [1.82, 2.24) is 14.8 Å². The Bertz CT molecular complexity index is 1150. The fourth-order valence-electron chi connectivity index (χ4n) is 3.40. The number of hydrogen-bond acceptors (Lipinski definition) is 8. The van der Waals surface area contributed by atoms with E-state index in [2.05, 4.69) is 41.5 Å². The van der Waals surface area contributed by atoms with Gasteiger partial charge in [0.2, 0.25) is 5.91 Å². The van der Waals surface area contributed by atoms with Crippen molar-refractivity contribution in [2.24, 2.45) is 7.05 Å². The first-order valence-electron chi connectivity index (χ1n) is 11.0. The molecule has 0 saturated carbocycles. The normalized spacial score (nSPS) is 11.0. The molecule has 3 aromatic rings. The van der Waals surface area contributed by atoms with Crippen LogP contribution in [0.1, 0.15) is 58.9 Å². The first-order chi connectivity index (χ1) is 16.2. The summed E-state index contributed by atoms with van der Waals surface area (Å²) >= 11 is 2.65. The zero-order valence-corrected chi connectivity index (χ0v) is 21.9. The fraction of sp³-hybridized carbons (Fsp3) is 0.417. The van der Waals surface area contributed by atoms with Gasteiger partial charge >= 0.3 is 5.97 Å². The largest absolute Gasteiger partial charge is 0.486 e. The summed E-state index contributed by atoms with van der Waals surface area (Å²) in [6, 6.07) is 8.01. The van der Waals surface area contributed by atoms with Crippen LogP contribution in [0.3, 0.4) is 0 Å². The van der Waals surface area contributed by atoms with Gasteiger partial charge in [-0.25, -0.2) is 4.79 Å². The highest BCUT2D eigenvalue weighted by Crippen LogP contribution is 2.34. The first kappa shape index (κ1) is 25.8. The van der Waals surface area contributed by atoms with E-state index in [0.717, 1.165) is 16.2 Å². The summed E-state index contributed by atoms with van der Waals surface area (Å²) in [6.07, 6.45) is 0.684. The van der Waals surface area contributed by atoms with Crippen LogP contribution in [-0.2, 0) is 29.6 Å². The van der Waals surface area contributed by atoms with Gasteiger partial charge in [0.05, 0.1) is 18.4 Å². The Hall–Kier alpha value is -2.85. The Morgan fingerprint density at radius 3 is 2.53 bits per heavy atom. The molecule has 2 heterocycles. The summed E-state index contributed by atoms with van der Waals surface area (Å²) in [4.78, 5) is 25.8. The second-order valence-corrected chi connectivity index (χ2v) is 10.2. The van der Waals surface area contributed by atoms with Gasteiger partial charge in [-0.05, 0) is 42.5 Å². The second kappa shape index (κ2) is 11.5. The number of aryl methyl sites for hydroxylation is 1. The van der Waals surface area contributed by atoms with E-state index < -0.39 is 5.97 Å². The van der Waals surface area contributed by atoms with Gasteiger partial charge in [0.15, 0.2) is 11.0 Å². The molecule has 0 bridgehead atoms. The lowest BCUT2D eigenvalue weighted by Crippen LogP contribution is -2.16. The van der Waals surface area contributed by atoms with E-state index in [1.54, 1.807) is 0 Å². The Labute approximate surface area is 208 Å². The molecule has 8 nitrogen and oxygen atoms in total. The van der Waals surface area contributed by atoms with Crippen molar-refractivity contribution in [1.29, 1.82) is 0 Å². The standard InChI is InChI=1S/C24H30N4O4S2/c1-7-18-15(4)34-22(21(18)23(30)31-6)25-20(29)13-33-24-27-26-19(28(24)5)12-32-17-10-8-16(9-11-17)14(2)3/h8-11,14H,7,12-13H2,1-6H3,(H,25,29). The monoisotopic (exact) mass is 502 g/mol. The molecule has 2 aromatic heterocycles. The number of amides is 1. The zero-order valence-electron chi connectivity index (χ0n) is 20.3. The maximum Gasteiger partial charge on any atom is 0.341 e. The Morgan fingerprint density at radius 2 is 1.91 bits per heavy atom. The highest BCUT2D eigenvalue weighted by Gasteiger charge is 2.23. The van der Waals surface area contributed by atoms with E-state index in [9.17, 15) is 9.59 Å². The molecule has 182 valence electrons. The summed E-state index contributed by atoms with van der Waals surface area (Å²) < 4.78 is 12.6. The number of carbonyl (C=O) groups excluding carboxylic acids is 2. The van der Waals surface area contributed by atoms with Crippen molar-refractivity contribution < 1.29 is 19.1 Å². The van der Waals surface area contributed by atoms with Crippen LogP contribution in [-0.4, -0.2) is 39.5 Å². The van der Waals surface area contributed by atoms with Crippen LogP contribution in [0.15, 0.2) is 29.4 Å². The van der Waals surface area contributed by atoms with Gasteiger partial charge < -0.3 is 19.4 Å². The zero-order chi connectivity index (χ0) is 24.8. The average molecular weight is 503 g/mol.